The van der Waals surface area contributed by atoms with Gasteiger partial charge in [-0.3, -0.25) is 4.79 Å². The maximum atomic E-state index is 12.5. The number of nitrogens with one attached hydrogen (secondary N) is 2. The van der Waals surface area contributed by atoms with Gasteiger partial charge >= 0.3 is 0 Å². The van der Waals surface area contributed by atoms with Gasteiger partial charge in [0.25, 0.3) is 0 Å². The Labute approximate surface area is 171 Å². The van der Waals surface area contributed by atoms with Crippen LogP contribution in [-0.2, 0) is 17.6 Å². The van der Waals surface area contributed by atoms with Gasteiger partial charge in [-0.05, 0) is 43.4 Å². The van der Waals surface area contributed by atoms with Crippen molar-refractivity contribution in [1.29, 1.82) is 5.26 Å². The third kappa shape index (κ3) is 3.86. The molecule has 4 rings (SSSR count). The Morgan fingerprint density at radius 2 is 2.25 bits per heavy atom. The number of aromatic amines is 1. The number of anilines is 1. The summed E-state index contributed by atoms with van der Waals surface area (Å²) in [4.78, 5) is 21.4. The Hall–Kier alpha value is -2.50. The fourth-order valence-electron chi connectivity index (χ4n) is 3.41. The second-order valence-corrected chi connectivity index (χ2v) is 8.71. The zero-order chi connectivity index (χ0) is 19.5. The molecule has 0 aliphatic heterocycles. The summed E-state index contributed by atoms with van der Waals surface area (Å²) in [7, 11) is 1.62. The van der Waals surface area contributed by atoms with Crippen LogP contribution in [-0.4, -0.2) is 28.7 Å². The molecule has 28 heavy (non-hydrogen) atoms. The van der Waals surface area contributed by atoms with E-state index in [4.69, 9.17) is 4.74 Å². The third-order valence-electron chi connectivity index (χ3n) is 4.79. The second kappa shape index (κ2) is 8.25. The van der Waals surface area contributed by atoms with Gasteiger partial charge in [-0.1, -0.05) is 18.2 Å². The molecule has 2 heterocycles. The third-order valence-corrected chi connectivity index (χ3v) is 6.87. The number of carbonyl (C=O) groups excluding carboxylic acids is 1. The maximum Gasteiger partial charge on any atom is 0.235 e. The first-order chi connectivity index (χ1) is 13.7. The van der Waals surface area contributed by atoms with Crippen LogP contribution in [0.1, 0.15) is 35.3 Å². The number of rotatable bonds is 5. The van der Waals surface area contributed by atoms with E-state index >= 15 is 0 Å². The topological polar surface area (TPSA) is 90.8 Å². The lowest BCUT2D eigenvalue weighted by Crippen LogP contribution is -2.14. The van der Waals surface area contributed by atoms with Crippen molar-refractivity contribution in [2.24, 2.45) is 0 Å². The first-order valence-corrected chi connectivity index (χ1v) is 11.0. The lowest BCUT2D eigenvalue weighted by molar-refractivity contribution is -0.113. The van der Waals surface area contributed by atoms with Crippen LogP contribution >= 0.6 is 23.1 Å². The van der Waals surface area contributed by atoms with E-state index in [0.717, 1.165) is 48.0 Å². The highest BCUT2D eigenvalue weighted by atomic mass is 32.2. The van der Waals surface area contributed by atoms with Crippen molar-refractivity contribution in [1.82, 2.24) is 9.97 Å². The van der Waals surface area contributed by atoms with Crippen molar-refractivity contribution in [2.45, 2.75) is 37.3 Å². The number of ether oxygens (including phenoxy) is 1. The molecule has 0 spiro atoms. The summed E-state index contributed by atoms with van der Waals surface area (Å²) >= 11 is 2.90. The molecule has 1 aromatic carbocycles. The number of thioether (sulfide) groups is 1. The van der Waals surface area contributed by atoms with E-state index in [1.807, 2.05) is 18.2 Å². The molecule has 1 aliphatic rings. The molecule has 0 atom stereocenters. The molecule has 2 N–H and O–H groups in total. The van der Waals surface area contributed by atoms with Crippen molar-refractivity contribution in [3.8, 4) is 11.8 Å². The molecule has 1 aliphatic carbocycles. The van der Waals surface area contributed by atoms with Gasteiger partial charge in [0.2, 0.25) is 5.91 Å². The summed E-state index contributed by atoms with van der Waals surface area (Å²) in [5.41, 5.74) is 3.49. The number of aromatic nitrogens is 2. The molecule has 2 aromatic heterocycles. The molecule has 0 saturated heterocycles. The Morgan fingerprint density at radius 1 is 1.39 bits per heavy atom. The van der Waals surface area contributed by atoms with E-state index in [1.165, 1.54) is 23.1 Å². The standard InChI is InChI=1S/C20H20N4O2S2/c1-26-12-7-8-15-16(9-12)23-20(22-15)27-11-18(25)24-19-14(10-21)13-5-3-2-4-6-17(13)28-19/h7-9H,2-6,11H2,1H3,(H,22,23)(H,24,25). The largest absolute Gasteiger partial charge is 0.497 e. The van der Waals surface area contributed by atoms with Crippen LogP contribution in [0.25, 0.3) is 11.0 Å². The molecule has 0 bridgehead atoms. The first-order valence-electron chi connectivity index (χ1n) is 9.19. The number of thiophene rings is 1. The number of amides is 1. The average Bonchev–Trinajstić information content (AvgIpc) is 3.17. The van der Waals surface area contributed by atoms with Crippen molar-refractivity contribution < 1.29 is 9.53 Å². The molecule has 0 fully saturated rings. The molecule has 8 heteroatoms. The fourth-order valence-corrected chi connectivity index (χ4v) is 5.35. The number of methoxy groups -OCH3 is 1. The van der Waals surface area contributed by atoms with Crippen LogP contribution in [0.15, 0.2) is 23.4 Å². The summed E-state index contributed by atoms with van der Waals surface area (Å²) in [5, 5.41) is 13.9. The molecule has 1 amide bonds. The molecular formula is C20H20N4O2S2. The molecular weight excluding hydrogens is 392 g/mol. The molecule has 6 nitrogen and oxygen atoms in total. The van der Waals surface area contributed by atoms with Gasteiger partial charge in [0.15, 0.2) is 5.16 Å². The van der Waals surface area contributed by atoms with Gasteiger partial charge in [-0.15, -0.1) is 11.3 Å². The van der Waals surface area contributed by atoms with E-state index in [-0.39, 0.29) is 11.7 Å². The van der Waals surface area contributed by atoms with E-state index in [9.17, 15) is 10.1 Å². The van der Waals surface area contributed by atoms with Crippen molar-refractivity contribution in [3.63, 3.8) is 0 Å². The number of hydrogen-bond acceptors (Lipinski definition) is 6. The number of carbonyl (C=O) groups is 1. The van der Waals surface area contributed by atoms with E-state index in [1.54, 1.807) is 18.4 Å². The lowest BCUT2D eigenvalue weighted by Gasteiger charge is -2.03. The minimum Gasteiger partial charge on any atom is -0.497 e. The van der Waals surface area contributed by atoms with Gasteiger partial charge in [-0.2, -0.15) is 5.26 Å². The number of aryl methyl sites for hydroxylation is 1. The Morgan fingerprint density at radius 3 is 3.07 bits per heavy atom. The minimum atomic E-state index is -0.129. The van der Waals surface area contributed by atoms with Crippen LogP contribution in [0, 0.1) is 11.3 Å². The minimum absolute atomic E-state index is 0.129. The van der Waals surface area contributed by atoms with E-state index in [2.05, 4.69) is 21.4 Å². The zero-order valence-electron chi connectivity index (χ0n) is 15.5. The summed E-state index contributed by atoms with van der Waals surface area (Å²) in [6, 6.07) is 7.91. The number of benzene rings is 1. The van der Waals surface area contributed by atoms with Crippen molar-refractivity contribution in [2.75, 3.05) is 18.2 Å². The van der Waals surface area contributed by atoms with Crippen LogP contribution in [0.4, 0.5) is 5.00 Å². The Balaban J connectivity index is 1.43. The average molecular weight is 413 g/mol. The summed E-state index contributed by atoms with van der Waals surface area (Å²) in [5.74, 6) is 0.854. The smallest absolute Gasteiger partial charge is 0.235 e. The molecule has 0 saturated carbocycles. The predicted octanol–water partition coefficient (Wildman–Crippen LogP) is 4.50. The Kier molecular flexibility index (Phi) is 5.55. The fraction of sp³-hybridized carbons (Fsp3) is 0.350. The highest BCUT2D eigenvalue weighted by Gasteiger charge is 2.21. The van der Waals surface area contributed by atoms with Crippen LogP contribution in [0.2, 0.25) is 0 Å². The Bertz CT molecular complexity index is 1060. The molecule has 3 aromatic rings. The zero-order valence-corrected chi connectivity index (χ0v) is 17.1. The summed E-state index contributed by atoms with van der Waals surface area (Å²) < 4.78 is 5.22. The number of fused-ring (bicyclic) bond motifs is 2. The lowest BCUT2D eigenvalue weighted by atomic mass is 10.1. The first kappa shape index (κ1) is 18.8. The predicted molar refractivity (Wildman–Crippen MR) is 112 cm³/mol. The molecule has 144 valence electrons. The molecule has 0 radical (unpaired) electrons. The van der Waals surface area contributed by atoms with Gasteiger partial charge in [0.1, 0.15) is 16.8 Å². The second-order valence-electron chi connectivity index (χ2n) is 6.64. The number of nitrogens with zero attached hydrogens (tertiary/aromatic N) is 2. The monoisotopic (exact) mass is 412 g/mol. The van der Waals surface area contributed by atoms with Crippen LogP contribution < -0.4 is 10.1 Å². The van der Waals surface area contributed by atoms with E-state index in [0.29, 0.717) is 15.7 Å². The summed E-state index contributed by atoms with van der Waals surface area (Å²) in [6.07, 6.45) is 5.40. The maximum absolute atomic E-state index is 12.5. The summed E-state index contributed by atoms with van der Waals surface area (Å²) in [6.45, 7) is 0. The van der Waals surface area contributed by atoms with Crippen molar-refractivity contribution in [3.05, 3.63) is 34.2 Å². The number of nitriles is 1. The van der Waals surface area contributed by atoms with E-state index < -0.39 is 0 Å². The highest BCUT2D eigenvalue weighted by Crippen LogP contribution is 2.37. The number of imidazole rings is 1. The van der Waals surface area contributed by atoms with Crippen LogP contribution in [0.3, 0.4) is 0 Å². The normalized spacial score (nSPS) is 13.6. The molecule has 0 unspecified atom stereocenters. The van der Waals surface area contributed by atoms with Crippen molar-refractivity contribution >= 4 is 45.0 Å². The highest BCUT2D eigenvalue weighted by molar-refractivity contribution is 7.99. The number of H-pyrrole nitrogens is 1. The van der Waals surface area contributed by atoms with Gasteiger partial charge < -0.3 is 15.0 Å². The van der Waals surface area contributed by atoms with Gasteiger partial charge in [0.05, 0.1) is 29.5 Å². The van der Waals surface area contributed by atoms with Gasteiger partial charge in [0, 0.05) is 10.9 Å². The van der Waals surface area contributed by atoms with Gasteiger partial charge in [-0.25, -0.2) is 4.98 Å². The number of hydrogen-bond donors (Lipinski definition) is 2. The quantitative estimate of drug-likeness (QED) is 0.475. The van der Waals surface area contributed by atoms with Crippen LogP contribution in [0.5, 0.6) is 5.75 Å². The SMILES string of the molecule is COc1ccc2nc(SCC(=O)Nc3sc4c(c3C#N)CCCCC4)[nH]c2c1.